The lowest BCUT2D eigenvalue weighted by molar-refractivity contribution is 0.270. The average Bonchev–Trinajstić information content (AvgIpc) is 2.91. The summed E-state index contributed by atoms with van der Waals surface area (Å²) in [6.45, 7) is 4.66. The summed E-state index contributed by atoms with van der Waals surface area (Å²) >= 11 is 0. The van der Waals surface area contributed by atoms with E-state index in [4.69, 9.17) is 0 Å². The second-order valence-corrected chi connectivity index (χ2v) is 5.50. The molecule has 3 rings (SSSR count). The van der Waals surface area contributed by atoms with E-state index < -0.39 is 0 Å². The van der Waals surface area contributed by atoms with Crippen molar-refractivity contribution < 1.29 is 0 Å². The van der Waals surface area contributed by atoms with Crippen LogP contribution in [0.2, 0.25) is 0 Å². The molecular weight excluding hydrogens is 234 g/mol. The molecule has 1 fully saturated rings. The highest BCUT2D eigenvalue weighted by molar-refractivity contribution is 5.32. The van der Waals surface area contributed by atoms with Gasteiger partial charge in [-0.2, -0.15) is 5.10 Å². The summed E-state index contributed by atoms with van der Waals surface area (Å²) < 4.78 is 2.07. The Balaban J connectivity index is 1.81. The molecular formula is C16H21N3. The second kappa shape index (κ2) is 5.57. The Morgan fingerprint density at radius 2 is 2.11 bits per heavy atom. The van der Waals surface area contributed by atoms with Gasteiger partial charge in [0.15, 0.2) is 0 Å². The summed E-state index contributed by atoms with van der Waals surface area (Å²) in [4.78, 5) is 0. The number of benzene rings is 1. The van der Waals surface area contributed by atoms with E-state index in [-0.39, 0.29) is 0 Å². The molecule has 1 N–H and O–H groups in total. The van der Waals surface area contributed by atoms with Crippen LogP contribution < -0.4 is 5.32 Å². The fraction of sp³-hybridized carbons (Fsp3) is 0.438. The first kappa shape index (κ1) is 12.4. The van der Waals surface area contributed by atoms with E-state index in [1.807, 2.05) is 12.3 Å². The number of nitrogens with one attached hydrogen (secondary N) is 1. The number of hydrogen-bond donors (Lipinski definition) is 1. The van der Waals surface area contributed by atoms with Crippen LogP contribution in [0.15, 0.2) is 42.6 Å². The van der Waals surface area contributed by atoms with Gasteiger partial charge < -0.3 is 5.32 Å². The van der Waals surface area contributed by atoms with Crippen LogP contribution in [0, 0.1) is 11.8 Å². The summed E-state index contributed by atoms with van der Waals surface area (Å²) in [5.74, 6) is 1.51. The molecule has 3 heteroatoms. The van der Waals surface area contributed by atoms with E-state index in [2.05, 4.69) is 52.4 Å². The first-order valence-corrected chi connectivity index (χ1v) is 7.13. The zero-order chi connectivity index (χ0) is 13.1. The maximum Gasteiger partial charge on any atom is 0.0648 e. The fourth-order valence-electron chi connectivity index (χ4n) is 2.88. The lowest BCUT2D eigenvalue weighted by atomic mass is 9.85. The van der Waals surface area contributed by atoms with Gasteiger partial charge in [0.1, 0.15) is 0 Å². The molecule has 1 aliphatic heterocycles. The molecule has 0 radical (unpaired) electrons. The molecule has 1 aliphatic rings. The number of hydrogen-bond acceptors (Lipinski definition) is 2. The van der Waals surface area contributed by atoms with Crippen LogP contribution in [0.5, 0.6) is 0 Å². The van der Waals surface area contributed by atoms with Crippen molar-refractivity contribution in [2.45, 2.75) is 19.8 Å². The lowest BCUT2D eigenvalue weighted by Crippen LogP contribution is -2.36. The molecule has 2 heterocycles. The van der Waals surface area contributed by atoms with Gasteiger partial charge >= 0.3 is 0 Å². The van der Waals surface area contributed by atoms with Crippen molar-refractivity contribution in [1.82, 2.24) is 15.1 Å². The Hall–Kier alpha value is -1.61. The molecule has 1 saturated heterocycles. The molecule has 3 nitrogen and oxygen atoms in total. The summed E-state index contributed by atoms with van der Waals surface area (Å²) in [7, 11) is 0. The van der Waals surface area contributed by atoms with Gasteiger partial charge in [-0.25, -0.2) is 4.68 Å². The van der Waals surface area contributed by atoms with E-state index in [9.17, 15) is 0 Å². The minimum atomic E-state index is 0.716. The molecule has 1 aromatic heterocycles. The Kier molecular flexibility index (Phi) is 3.65. The van der Waals surface area contributed by atoms with Gasteiger partial charge in [0.05, 0.1) is 5.69 Å². The third-order valence-electron chi connectivity index (χ3n) is 4.18. The van der Waals surface area contributed by atoms with Gasteiger partial charge in [-0.05, 0) is 56.0 Å². The van der Waals surface area contributed by atoms with Crippen LogP contribution in [0.25, 0.3) is 5.69 Å². The van der Waals surface area contributed by atoms with Crippen LogP contribution >= 0.6 is 0 Å². The van der Waals surface area contributed by atoms with Gasteiger partial charge in [0.2, 0.25) is 0 Å². The third-order valence-corrected chi connectivity index (χ3v) is 4.18. The van der Waals surface area contributed by atoms with Crippen LogP contribution in [0.4, 0.5) is 0 Å². The molecule has 0 amide bonds. The average molecular weight is 255 g/mol. The van der Waals surface area contributed by atoms with Crippen LogP contribution in [0.3, 0.4) is 0 Å². The highest BCUT2D eigenvalue weighted by atomic mass is 15.3. The zero-order valence-corrected chi connectivity index (χ0v) is 11.4. The van der Waals surface area contributed by atoms with E-state index in [0.717, 1.165) is 31.1 Å². The minimum Gasteiger partial charge on any atom is -0.316 e. The quantitative estimate of drug-likeness (QED) is 0.914. The molecule has 0 spiro atoms. The number of rotatable bonds is 3. The number of piperidine rings is 1. The maximum atomic E-state index is 4.47. The van der Waals surface area contributed by atoms with Crippen molar-refractivity contribution in [3.8, 4) is 5.69 Å². The maximum absolute atomic E-state index is 4.47. The zero-order valence-electron chi connectivity index (χ0n) is 11.4. The topological polar surface area (TPSA) is 29.9 Å². The monoisotopic (exact) mass is 255 g/mol. The predicted molar refractivity (Wildman–Crippen MR) is 77.4 cm³/mol. The highest BCUT2D eigenvalue weighted by Crippen LogP contribution is 2.23. The number of aromatic nitrogens is 2. The third kappa shape index (κ3) is 2.71. The Morgan fingerprint density at radius 3 is 2.89 bits per heavy atom. The van der Waals surface area contributed by atoms with E-state index in [0.29, 0.717) is 5.92 Å². The van der Waals surface area contributed by atoms with Gasteiger partial charge in [-0.15, -0.1) is 0 Å². The van der Waals surface area contributed by atoms with Gasteiger partial charge in [-0.1, -0.05) is 25.1 Å². The molecule has 0 aliphatic carbocycles. The largest absolute Gasteiger partial charge is 0.316 e. The van der Waals surface area contributed by atoms with Gasteiger partial charge in [0, 0.05) is 11.9 Å². The van der Waals surface area contributed by atoms with E-state index in [1.54, 1.807) is 0 Å². The van der Waals surface area contributed by atoms with Crippen molar-refractivity contribution in [2.75, 3.05) is 13.1 Å². The Bertz CT molecular complexity index is 518. The number of nitrogens with zero attached hydrogens (tertiary/aromatic N) is 2. The first-order valence-electron chi connectivity index (χ1n) is 7.13. The Labute approximate surface area is 114 Å². The van der Waals surface area contributed by atoms with E-state index in [1.165, 1.54) is 12.1 Å². The summed E-state index contributed by atoms with van der Waals surface area (Å²) in [6.07, 6.45) is 4.29. The van der Waals surface area contributed by atoms with Gasteiger partial charge in [-0.3, -0.25) is 0 Å². The van der Waals surface area contributed by atoms with Gasteiger partial charge in [0.25, 0.3) is 0 Å². The molecule has 0 bridgehead atoms. The molecule has 1 aromatic carbocycles. The molecule has 19 heavy (non-hydrogen) atoms. The molecule has 0 saturated carbocycles. The van der Waals surface area contributed by atoms with Crippen LogP contribution in [-0.2, 0) is 6.42 Å². The van der Waals surface area contributed by atoms with E-state index >= 15 is 0 Å². The van der Waals surface area contributed by atoms with Crippen molar-refractivity contribution in [3.63, 3.8) is 0 Å². The van der Waals surface area contributed by atoms with Crippen LogP contribution in [-0.4, -0.2) is 22.9 Å². The fourth-order valence-corrected chi connectivity index (χ4v) is 2.88. The second-order valence-electron chi connectivity index (χ2n) is 5.50. The Morgan fingerprint density at radius 1 is 1.26 bits per heavy atom. The highest BCUT2D eigenvalue weighted by Gasteiger charge is 2.22. The molecule has 100 valence electrons. The smallest absolute Gasteiger partial charge is 0.0648 e. The normalized spacial score (nSPS) is 23.4. The summed E-state index contributed by atoms with van der Waals surface area (Å²) in [5, 5.41) is 7.98. The standard InChI is InChI=1S/C16H21N3/c1-13-7-9-17-12-14(13)11-16-8-10-18-19(16)15-5-3-2-4-6-15/h2-6,8,10,13-14,17H,7,9,11-12H2,1H3. The van der Waals surface area contributed by atoms with Crippen molar-refractivity contribution in [3.05, 3.63) is 48.3 Å². The van der Waals surface area contributed by atoms with Crippen molar-refractivity contribution >= 4 is 0 Å². The SMILES string of the molecule is CC1CCNCC1Cc1ccnn1-c1ccccc1. The molecule has 2 unspecified atom stereocenters. The summed E-state index contributed by atoms with van der Waals surface area (Å²) in [6, 6.07) is 12.5. The number of para-hydroxylation sites is 1. The molecule has 2 aromatic rings. The summed E-state index contributed by atoms with van der Waals surface area (Å²) in [5.41, 5.74) is 2.46. The van der Waals surface area contributed by atoms with Crippen LogP contribution in [0.1, 0.15) is 19.0 Å². The predicted octanol–water partition coefficient (Wildman–Crippen LogP) is 2.66. The van der Waals surface area contributed by atoms with Crippen molar-refractivity contribution in [1.29, 1.82) is 0 Å². The van der Waals surface area contributed by atoms with Crippen molar-refractivity contribution in [2.24, 2.45) is 11.8 Å². The molecule has 2 atom stereocenters. The first-order chi connectivity index (χ1) is 9.34. The minimum absolute atomic E-state index is 0.716. The lowest BCUT2D eigenvalue weighted by Gasteiger charge is -2.29.